The van der Waals surface area contributed by atoms with Crippen molar-refractivity contribution < 1.29 is 5.11 Å². The lowest BCUT2D eigenvalue weighted by Crippen LogP contribution is -2.50. The van der Waals surface area contributed by atoms with Gasteiger partial charge < -0.3 is 10.0 Å². The molecule has 0 saturated carbocycles. The monoisotopic (exact) mass is 253 g/mol. The molecule has 0 aliphatic carbocycles. The Morgan fingerprint density at radius 3 is 2.33 bits per heavy atom. The van der Waals surface area contributed by atoms with Gasteiger partial charge in [0.15, 0.2) is 0 Å². The summed E-state index contributed by atoms with van der Waals surface area (Å²) in [4.78, 5) is 4.68. The van der Waals surface area contributed by atoms with E-state index in [0.717, 1.165) is 52.0 Å². The van der Waals surface area contributed by atoms with Crippen LogP contribution in [0.5, 0.6) is 0 Å². The third-order valence-corrected chi connectivity index (χ3v) is 3.60. The van der Waals surface area contributed by atoms with Crippen LogP contribution in [0, 0.1) is 11.3 Å². The molecule has 0 aromatic carbocycles. The lowest BCUT2D eigenvalue weighted by molar-refractivity contribution is 0.0444. The zero-order chi connectivity index (χ0) is 13.6. The van der Waals surface area contributed by atoms with Crippen molar-refractivity contribution in [1.82, 2.24) is 9.80 Å². The topological polar surface area (TPSA) is 50.5 Å². The number of nitriles is 1. The number of rotatable bonds is 6. The fourth-order valence-electron chi connectivity index (χ4n) is 2.33. The van der Waals surface area contributed by atoms with Crippen LogP contribution in [0.15, 0.2) is 0 Å². The molecule has 0 spiro atoms. The van der Waals surface area contributed by atoms with Gasteiger partial charge in [0, 0.05) is 32.7 Å². The third kappa shape index (κ3) is 5.34. The number of hydrogen-bond acceptors (Lipinski definition) is 4. The quantitative estimate of drug-likeness (QED) is 0.778. The normalized spacial score (nSPS) is 20.6. The smallest absolute Gasteiger partial charge is 0.0978 e. The molecule has 1 unspecified atom stereocenters. The van der Waals surface area contributed by atoms with Crippen molar-refractivity contribution in [3.05, 3.63) is 0 Å². The van der Waals surface area contributed by atoms with Crippen molar-refractivity contribution in [2.45, 2.75) is 51.7 Å². The van der Waals surface area contributed by atoms with Crippen molar-refractivity contribution in [2.75, 3.05) is 32.7 Å². The summed E-state index contributed by atoms with van der Waals surface area (Å²) >= 11 is 0. The van der Waals surface area contributed by atoms with Crippen LogP contribution < -0.4 is 0 Å². The van der Waals surface area contributed by atoms with Crippen molar-refractivity contribution >= 4 is 0 Å². The first kappa shape index (κ1) is 15.4. The Kier molecular flexibility index (Phi) is 6.07. The molecule has 1 aliphatic heterocycles. The predicted molar refractivity (Wildman–Crippen MR) is 73.2 cm³/mol. The van der Waals surface area contributed by atoms with E-state index in [9.17, 15) is 5.11 Å². The first-order chi connectivity index (χ1) is 8.46. The van der Waals surface area contributed by atoms with E-state index in [1.165, 1.54) is 0 Å². The molecule has 0 radical (unpaired) electrons. The van der Waals surface area contributed by atoms with Crippen LogP contribution in [0.2, 0.25) is 0 Å². The summed E-state index contributed by atoms with van der Waals surface area (Å²) in [5, 5.41) is 18.9. The van der Waals surface area contributed by atoms with E-state index in [1.54, 1.807) is 0 Å². The summed E-state index contributed by atoms with van der Waals surface area (Å²) in [5.74, 6) is 0. The van der Waals surface area contributed by atoms with E-state index in [1.807, 2.05) is 13.8 Å². The van der Waals surface area contributed by atoms with Crippen molar-refractivity contribution in [2.24, 2.45) is 0 Å². The molecule has 1 aliphatic rings. The second kappa shape index (κ2) is 7.08. The van der Waals surface area contributed by atoms with E-state index in [2.05, 4.69) is 22.8 Å². The summed E-state index contributed by atoms with van der Waals surface area (Å²) in [6.07, 6.45) is 2.85. The van der Waals surface area contributed by atoms with Gasteiger partial charge in [-0.1, -0.05) is 13.3 Å². The van der Waals surface area contributed by atoms with Gasteiger partial charge in [-0.15, -0.1) is 0 Å². The molecule has 1 saturated heterocycles. The van der Waals surface area contributed by atoms with Crippen LogP contribution in [0.4, 0.5) is 0 Å². The van der Waals surface area contributed by atoms with Crippen LogP contribution in [0.3, 0.4) is 0 Å². The molecule has 1 N–H and O–H groups in total. The molecule has 1 atom stereocenters. The summed E-state index contributed by atoms with van der Waals surface area (Å²) in [5.41, 5.74) is -0.575. The highest BCUT2D eigenvalue weighted by molar-refractivity contribution is 4.93. The van der Waals surface area contributed by atoms with Gasteiger partial charge in [-0.25, -0.2) is 0 Å². The van der Waals surface area contributed by atoms with Gasteiger partial charge in [0.1, 0.15) is 0 Å². The zero-order valence-corrected chi connectivity index (χ0v) is 12.0. The molecule has 0 aromatic rings. The minimum Gasteiger partial charge on any atom is -0.390 e. The maximum absolute atomic E-state index is 9.72. The number of hydrogen-bond donors (Lipinski definition) is 1. The first-order valence-electron chi connectivity index (χ1n) is 7.04. The molecule has 4 heteroatoms. The Morgan fingerprint density at radius 1 is 1.28 bits per heavy atom. The van der Waals surface area contributed by atoms with E-state index in [0.29, 0.717) is 0 Å². The highest BCUT2D eigenvalue weighted by Crippen LogP contribution is 2.13. The van der Waals surface area contributed by atoms with E-state index < -0.39 is 5.60 Å². The van der Waals surface area contributed by atoms with Gasteiger partial charge in [0.2, 0.25) is 0 Å². The van der Waals surface area contributed by atoms with Crippen LogP contribution in [0.1, 0.15) is 40.0 Å². The predicted octanol–water partition coefficient (Wildman–Crippen LogP) is 1.46. The van der Waals surface area contributed by atoms with E-state index in [-0.39, 0.29) is 6.04 Å². The number of aliphatic hydroxyl groups is 1. The van der Waals surface area contributed by atoms with Crippen molar-refractivity contribution in [3.8, 4) is 6.07 Å². The van der Waals surface area contributed by atoms with Gasteiger partial charge in [-0.3, -0.25) is 4.90 Å². The van der Waals surface area contributed by atoms with Crippen molar-refractivity contribution in [1.29, 1.82) is 5.26 Å². The van der Waals surface area contributed by atoms with Gasteiger partial charge in [-0.05, 0) is 26.7 Å². The van der Waals surface area contributed by atoms with Crippen LogP contribution in [-0.2, 0) is 0 Å². The molecule has 0 bridgehead atoms. The highest BCUT2D eigenvalue weighted by Gasteiger charge is 2.24. The Labute approximate surface area is 111 Å². The van der Waals surface area contributed by atoms with Gasteiger partial charge in [-0.2, -0.15) is 5.26 Å². The average molecular weight is 253 g/mol. The lowest BCUT2D eigenvalue weighted by Gasteiger charge is -2.37. The molecular formula is C14H27N3O. The summed E-state index contributed by atoms with van der Waals surface area (Å²) in [6.45, 7) is 10.8. The van der Waals surface area contributed by atoms with Crippen molar-refractivity contribution in [3.63, 3.8) is 0 Å². The third-order valence-electron chi connectivity index (χ3n) is 3.60. The first-order valence-corrected chi connectivity index (χ1v) is 7.04. The Hall–Kier alpha value is -0.630. The van der Waals surface area contributed by atoms with Crippen LogP contribution in [0.25, 0.3) is 0 Å². The standard InChI is InChI=1S/C14H27N3O/c1-4-5-13(12-15)17-10-8-16(9-11-17)7-6-14(2,3)18/h13,18H,4-11H2,1-3H3. The zero-order valence-electron chi connectivity index (χ0n) is 12.0. The Morgan fingerprint density at radius 2 is 1.89 bits per heavy atom. The molecule has 4 nitrogen and oxygen atoms in total. The average Bonchev–Trinajstić information content (AvgIpc) is 2.33. The fraction of sp³-hybridized carbons (Fsp3) is 0.929. The SMILES string of the molecule is CCCC(C#N)N1CCN(CCC(C)(C)O)CC1. The van der Waals surface area contributed by atoms with Gasteiger partial charge >= 0.3 is 0 Å². The molecule has 0 aromatic heterocycles. The van der Waals surface area contributed by atoms with Gasteiger partial charge in [0.05, 0.1) is 17.7 Å². The Balaban J connectivity index is 2.30. The fourth-order valence-corrected chi connectivity index (χ4v) is 2.33. The second-order valence-electron chi connectivity index (χ2n) is 5.87. The molecular weight excluding hydrogens is 226 g/mol. The molecule has 1 heterocycles. The van der Waals surface area contributed by atoms with Crippen LogP contribution in [-0.4, -0.2) is 59.3 Å². The Bertz CT molecular complexity index is 272. The highest BCUT2D eigenvalue weighted by atomic mass is 16.3. The summed E-state index contributed by atoms with van der Waals surface area (Å²) < 4.78 is 0. The minimum absolute atomic E-state index is 0.0893. The van der Waals surface area contributed by atoms with E-state index >= 15 is 0 Å². The summed E-state index contributed by atoms with van der Waals surface area (Å²) in [7, 11) is 0. The second-order valence-corrected chi connectivity index (χ2v) is 5.87. The largest absolute Gasteiger partial charge is 0.390 e. The van der Waals surface area contributed by atoms with E-state index in [4.69, 9.17) is 5.26 Å². The lowest BCUT2D eigenvalue weighted by atomic mass is 10.0. The molecule has 1 rings (SSSR count). The molecule has 0 amide bonds. The summed E-state index contributed by atoms with van der Waals surface area (Å²) in [6, 6.07) is 2.50. The van der Waals surface area contributed by atoms with Crippen LogP contribution >= 0.6 is 0 Å². The number of nitrogens with zero attached hydrogens (tertiary/aromatic N) is 3. The molecule has 1 fully saturated rings. The minimum atomic E-state index is -0.575. The molecule has 104 valence electrons. The number of piperazine rings is 1. The maximum Gasteiger partial charge on any atom is 0.0978 e. The maximum atomic E-state index is 9.72. The van der Waals surface area contributed by atoms with Gasteiger partial charge in [0.25, 0.3) is 0 Å². The molecule has 18 heavy (non-hydrogen) atoms.